The van der Waals surface area contributed by atoms with Crippen molar-refractivity contribution in [1.29, 1.82) is 0 Å². The van der Waals surface area contributed by atoms with E-state index in [1.54, 1.807) is 11.8 Å². The van der Waals surface area contributed by atoms with Crippen LogP contribution in [0.15, 0.2) is 29.2 Å². The summed E-state index contributed by atoms with van der Waals surface area (Å²) in [6.07, 6.45) is -0.963. The summed E-state index contributed by atoms with van der Waals surface area (Å²) in [5.41, 5.74) is 1.23. The second-order valence-electron chi connectivity index (χ2n) is 2.89. The topological polar surface area (TPSA) is 49.3 Å². The zero-order valence-corrected chi connectivity index (χ0v) is 8.80. The molecule has 0 bridgehead atoms. The molecule has 2 N–H and O–H groups in total. The van der Waals surface area contributed by atoms with E-state index in [2.05, 4.69) is 5.32 Å². The minimum atomic E-state index is -0.963. The first-order valence-electron chi connectivity index (χ1n) is 4.35. The van der Waals surface area contributed by atoms with Crippen LogP contribution >= 0.6 is 11.8 Å². The van der Waals surface area contributed by atoms with E-state index >= 15 is 0 Å². The fourth-order valence-corrected chi connectivity index (χ4v) is 1.73. The van der Waals surface area contributed by atoms with E-state index in [0.29, 0.717) is 6.54 Å². The van der Waals surface area contributed by atoms with Gasteiger partial charge in [-0.2, -0.15) is 0 Å². The van der Waals surface area contributed by atoms with Gasteiger partial charge < -0.3 is 10.4 Å². The summed E-state index contributed by atoms with van der Waals surface area (Å²) in [6.45, 7) is 2.52. The number of benzene rings is 1. The van der Waals surface area contributed by atoms with Crippen LogP contribution < -0.4 is 5.32 Å². The van der Waals surface area contributed by atoms with Gasteiger partial charge >= 0.3 is 6.09 Å². The standard InChI is InChI=1S/C10H13NO2S/c1-8-2-4-9(5-3-8)14-7-6-11-10(12)13/h2-5,11H,6-7H2,1H3,(H,12,13). The van der Waals surface area contributed by atoms with Crippen molar-refractivity contribution in [2.24, 2.45) is 0 Å². The van der Waals surface area contributed by atoms with Gasteiger partial charge in [-0.3, -0.25) is 0 Å². The molecule has 4 heteroatoms. The monoisotopic (exact) mass is 211 g/mol. The summed E-state index contributed by atoms with van der Waals surface area (Å²) >= 11 is 1.65. The zero-order valence-electron chi connectivity index (χ0n) is 7.99. The normalized spacial score (nSPS) is 9.79. The molecule has 1 aromatic rings. The molecule has 1 aromatic carbocycles. The van der Waals surface area contributed by atoms with Crippen LogP contribution in [0.4, 0.5) is 4.79 Å². The first-order chi connectivity index (χ1) is 6.68. The second-order valence-corrected chi connectivity index (χ2v) is 4.06. The molecule has 1 rings (SSSR count). The van der Waals surface area contributed by atoms with Crippen LogP contribution in [-0.2, 0) is 0 Å². The molecule has 0 saturated carbocycles. The van der Waals surface area contributed by atoms with Gasteiger partial charge in [0.2, 0.25) is 0 Å². The predicted octanol–water partition coefficient (Wildman–Crippen LogP) is 2.35. The second kappa shape index (κ2) is 5.54. The number of hydrogen-bond donors (Lipinski definition) is 2. The van der Waals surface area contributed by atoms with Gasteiger partial charge in [0.25, 0.3) is 0 Å². The van der Waals surface area contributed by atoms with Crippen molar-refractivity contribution in [3.8, 4) is 0 Å². The maximum Gasteiger partial charge on any atom is 0.404 e. The molecule has 0 spiro atoms. The van der Waals surface area contributed by atoms with Crippen LogP contribution in [0.25, 0.3) is 0 Å². The van der Waals surface area contributed by atoms with Crippen LogP contribution in [0, 0.1) is 6.92 Å². The fraction of sp³-hybridized carbons (Fsp3) is 0.300. The van der Waals surface area contributed by atoms with Gasteiger partial charge in [-0.05, 0) is 19.1 Å². The lowest BCUT2D eigenvalue weighted by molar-refractivity contribution is 0.195. The largest absolute Gasteiger partial charge is 0.465 e. The lowest BCUT2D eigenvalue weighted by Gasteiger charge is -2.01. The molecular formula is C10H13NO2S. The van der Waals surface area contributed by atoms with Crippen molar-refractivity contribution < 1.29 is 9.90 Å². The molecule has 0 aliphatic carbocycles. The lowest BCUT2D eigenvalue weighted by Crippen LogP contribution is -2.23. The van der Waals surface area contributed by atoms with Gasteiger partial charge in [-0.25, -0.2) is 4.79 Å². The van der Waals surface area contributed by atoms with Crippen LogP contribution in [-0.4, -0.2) is 23.5 Å². The number of hydrogen-bond acceptors (Lipinski definition) is 2. The van der Waals surface area contributed by atoms with E-state index in [9.17, 15) is 4.79 Å². The van der Waals surface area contributed by atoms with Crippen LogP contribution in [0.2, 0.25) is 0 Å². The number of aryl methyl sites for hydroxylation is 1. The number of carboxylic acid groups (broad SMARTS) is 1. The van der Waals surface area contributed by atoms with Crippen molar-refractivity contribution in [3.05, 3.63) is 29.8 Å². The molecule has 0 saturated heterocycles. The molecule has 0 radical (unpaired) electrons. The third-order valence-corrected chi connectivity index (χ3v) is 2.68. The Balaban J connectivity index is 2.25. The van der Waals surface area contributed by atoms with Gasteiger partial charge in [-0.15, -0.1) is 11.8 Å². The summed E-state index contributed by atoms with van der Waals surface area (Å²) in [4.78, 5) is 11.3. The highest BCUT2D eigenvalue weighted by Gasteiger charge is 1.95. The SMILES string of the molecule is Cc1ccc(SCCNC(=O)O)cc1. The highest BCUT2D eigenvalue weighted by atomic mass is 32.2. The summed E-state index contributed by atoms with van der Waals surface area (Å²) in [5.74, 6) is 0.759. The van der Waals surface area contributed by atoms with Gasteiger partial charge in [0, 0.05) is 17.2 Å². The summed E-state index contributed by atoms with van der Waals surface area (Å²) in [7, 11) is 0. The Hall–Kier alpha value is -1.16. The molecule has 0 fully saturated rings. The van der Waals surface area contributed by atoms with Crippen LogP contribution in [0.3, 0.4) is 0 Å². The molecule has 3 nitrogen and oxygen atoms in total. The Labute approximate surface area is 87.5 Å². The molecule has 0 atom stereocenters. The van der Waals surface area contributed by atoms with Crippen LogP contribution in [0.1, 0.15) is 5.56 Å². The van der Waals surface area contributed by atoms with E-state index in [1.165, 1.54) is 10.5 Å². The highest BCUT2D eigenvalue weighted by Crippen LogP contribution is 2.17. The first-order valence-corrected chi connectivity index (χ1v) is 5.33. The Morgan fingerprint density at radius 1 is 1.43 bits per heavy atom. The van der Waals surface area contributed by atoms with E-state index in [1.807, 2.05) is 31.2 Å². The van der Waals surface area contributed by atoms with E-state index in [4.69, 9.17) is 5.11 Å². The Bertz CT molecular complexity index is 297. The number of rotatable bonds is 4. The zero-order chi connectivity index (χ0) is 10.4. The number of thioether (sulfide) groups is 1. The minimum Gasteiger partial charge on any atom is -0.465 e. The van der Waals surface area contributed by atoms with Crippen molar-refractivity contribution in [2.75, 3.05) is 12.3 Å². The average molecular weight is 211 g/mol. The third-order valence-electron chi connectivity index (χ3n) is 1.67. The number of amides is 1. The lowest BCUT2D eigenvalue weighted by atomic mass is 10.2. The molecular weight excluding hydrogens is 198 g/mol. The van der Waals surface area contributed by atoms with Crippen molar-refractivity contribution in [2.45, 2.75) is 11.8 Å². The molecule has 0 aliphatic rings. The molecule has 76 valence electrons. The van der Waals surface area contributed by atoms with Crippen LogP contribution in [0.5, 0.6) is 0 Å². The Kier molecular flexibility index (Phi) is 4.32. The van der Waals surface area contributed by atoms with Crippen molar-refractivity contribution in [1.82, 2.24) is 5.32 Å². The van der Waals surface area contributed by atoms with Gasteiger partial charge in [-0.1, -0.05) is 17.7 Å². The molecule has 14 heavy (non-hydrogen) atoms. The Morgan fingerprint density at radius 3 is 2.64 bits per heavy atom. The van der Waals surface area contributed by atoms with Gasteiger partial charge in [0.05, 0.1) is 0 Å². The molecule has 0 aliphatic heterocycles. The van der Waals surface area contributed by atoms with E-state index in [-0.39, 0.29) is 0 Å². The average Bonchev–Trinajstić information content (AvgIpc) is 2.15. The van der Waals surface area contributed by atoms with Gasteiger partial charge in [0.1, 0.15) is 0 Å². The third kappa shape index (κ3) is 4.18. The molecule has 1 amide bonds. The maximum atomic E-state index is 10.1. The number of nitrogens with one attached hydrogen (secondary N) is 1. The first kappa shape index (κ1) is 10.9. The Morgan fingerprint density at radius 2 is 2.07 bits per heavy atom. The van der Waals surface area contributed by atoms with Crippen molar-refractivity contribution in [3.63, 3.8) is 0 Å². The van der Waals surface area contributed by atoms with E-state index in [0.717, 1.165) is 5.75 Å². The summed E-state index contributed by atoms with van der Waals surface area (Å²) in [5, 5.41) is 10.6. The highest BCUT2D eigenvalue weighted by molar-refractivity contribution is 7.99. The molecule has 0 unspecified atom stereocenters. The predicted molar refractivity (Wildman–Crippen MR) is 57.9 cm³/mol. The summed E-state index contributed by atoms with van der Waals surface area (Å²) < 4.78 is 0. The minimum absolute atomic E-state index is 0.480. The van der Waals surface area contributed by atoms with E-state index < -0.39 is 6.09 Å². The smallest absolute Gasteiger partial charge is 0.404 e. The molecule has 0 aromatic heterocycles. The fourth-order valence-electron chi connectivity index (χ4n) is 0.961. The number of carbonyl (C=O) groups is 1. The quantitative estimate of drug-likeness (QED) is 0.593. The maximum absolute atomic E-state index is 10.1. The van der Waals surface area contributed by atoms with Crippen molar-refractivity contribution >= 4 is 17.9 Å². The van der Waals surface area contributed by atoms with Gasteiger partial charge in [0.15, 0.2) is 0 Å². The molecule has 0 heterocycles. The summed E-state index contributed by atoms with van der Waals surface area (Å²) in [6, 6.07) is 8.18.